The van der Waals surface area contributed by atoms with Crippen molar-refractivity contribution >= 4 is 23.2 Å². The number of rotatable bonds is 3. The Morgan fingerprint density at radius 2 is 2.16 bits per heavy atom. The molecule has 1 aromatic carbocycles. The van der Waals surface area contributed by atoms with Gasteiger partial charge in [-0.15, -0.1) is 0 Å². The Morgan fingerprint density at radius 3 is 2.79 bits per heavy atom. The van der Waals surface area contributed by atoms with Crippen molar-refractivity contribution in [3.63, 3.8) is 0 Å². The minimum Gasteiger partial charge on any atom is -0.495 e. The maximum absolute atomic E-state index is 11.9. The molecule has 1 amide bonds. The summed E-state index contributed by atoms with van der Waals surface area (Å²) >= 11 is 5.85. The second kappa shape index (κ2) is 5.53. The molecule has 0 saturated heterocycles. The first-order valence-corrected chi connectivity index (χ1v) is 5.68. The van der Waals surface area contributed by atoms with Crippen molar-refractivity contribution in [1.29, 1.82) is 0 Å². The number of methoxy groups -OCH3 is 1. The van der Waals surface area contributed by atoms with E-state index in [1.807, 2.05) is 0 Å². The third-order valence-corrected chi connectivity index (χ3v) is 2.56. The summed E-state index contributed by atoms with van der Waals surface area (Å²) in [7, 11) is 1.48. The maximum Gasteiger partial charge on any atom is 0.276 e. The number of anilines is 1. The van der Waals surface area contributed by atoms with E-state index >= 15 is 0 Å². The van der Waals surface area contributed by atoms with Crippen LogP contribution in [0.3, 0.4) is 0 Å². The molecule has 1 aromatic heterocycles. The molecular weight excluding hydrogens is 270 g/mol. The average Bonchev–Trinajstić information content (AvgIpc) is 2.39. The number of aromatic nitrogens is 2. The number of hydrogen-bond acceptors (Lipinski definition) is 4. The molecule has 0 bridgehead atoms. The highest BCUT2D eigenvalue weighted by Gasteiger charge is 2.11. The fourth-order valence-corrected chi connectivity index (χ4v) is 1.61. The molecule has 2 aromatic rings. The minimum absolute atomic E-state index is 0.0848. The third-order valence-electron chi connectivity index (χ3n) is 2.32. The standard InChI is InChI=1S/C12H10ClN3O3/c1-19-10-4-2-7(13)6-9(10)14-12(18)8-3-5-11(17)16-15-8/h2-6H,1H3,(H,14,18)(H,16,17). The molecule has 2 rings (SSSR count). The van der Waals surface area contributed by atoms with E-state index in [9.17, 15) is 9.59 Å². The number of hydrogen-bond donors (Lipinski definition) is 2. The van der Waals surface area contributed by atoms with Crippen molar-refractivity contribution in [2.45, 2.75) is 0 Å². The molecule has 0 fully saturated rings. The van der Waals surface area contributed by atoms with Crippen LogP contribution < -0.4 is 15.6 Å². The summed E-state index contributed by atoms with van der Waals surface area (Å²) in [6.07, 6.45) is 0. The van der Waals surface area contributed by atoms with Crippen LogP contribution in [0.4, 0.5) is 5.69 Å². The van der Waals surface area contributed by atoms with Gasteiger partial charge in [0, 0.05) is 11.1 Å². The van der Waals surface area contributed by atoms with Crippen LogP contribution in [0.25, 0.3) is 0 Å². The topological polar surface area (TPSA) is 84.1 Å². The molecule has 0 aliphatic carbocycles. The molecule has 0 atom stereocenters. The van der Waals surface area contributed by atoms with Crippen LogP contribution in [0.1, 0.15) is 10.5 Å². The number of carbonyl (C=O) groups excluding carboxylic acids is 1. The Kier molecular flexibility index (Phi) is 3.82. The number of benzene rings is 1. The Morgan fingerprint density at radius 1 is 1.37 bits per heavy atom. The fraction of sp³-hybridized carbons (Fsp3) is 0.0833. The number of aromatic amines is 1. The van der Waals surface area contributed by atoms with Gasteiger partial charge in [0.1, 0.15) is 11.4 Å². The van der Waals surface area contributed by atoms with Crippen molar-refractivity contribution in [2.75, 3.05) is 12.4 Å². The summed E-state index contributed by atoms with van der Waals surface area (Å²) in [5.74, 6) is -0.000934. The van der Waals surface area contributed by atoms with Gasteiger partial charge in [0.25, 0.3) is 11.5 Å². The van der Waals surface area contributed by atoms with Crippen molar-refractivity contribution in [1.82, 2.24) is 10.2 Å². The van der Waals surface area contributed by atoms with E-state index in [2.05, 4.69) is 15.5 Å². The van der Waals surface area contributed by atoms with E-state index in [1.54, 1.807) is 18.2 Å². The van der Waals surface area contributed by atoms with E-state index in [4.69, 9.17) is 16.3 Å². The zero-order valence-corrected chi connectivity index (χ0v) is 10.7. The molecule has 19 heavy (non-hydrogen) atoms. The van der Waals surface area contributed by atoms with Gasteiger partial charge in [0.2, 0.25) is 0 Å². The maximum atomic E-state index is 11.9. The molecule has 98 valence electrons. The second-order valence-corrected chi connectivity index (χ2v) is 4.04. The van der Waals surface area contributed by atoms with Gasteiger partial charge in [-0.25, -0.2) is 5.10 Å². The highest BCUT2D eigenvalue weighted by molar-refractivity contribution is 6.31. The number of amides is 1. The Labute approximate surface area is 113 Å². The second-order valence-electron chi connectivity index (χ2n) is 3.61. The summed E-state index contributed by atoms with van der Waals surface area (Å²) in [6, 6.07) is 7.39. The van der Waals surface area contributed by atoms with E-state index < -0.39 is 5.91 Å². The van der Waals surface area contributed by atoms with Crippen LogP contribution in [0.5, 0.6) is 5.75 Å². The van der Waals surface area contributed by atoms with Crippen molar-refractivity contribution in [3.8, 4) is 5.75 Å². The van der Waals surface area contributed by atoms with Gasteiger partial charge in [-0.2, -0.15) is 5.10 Å². The number of carbonyl (C=O) groups is 1. The lowest BCUT2D eigenvalue weighted by atomic mass is 10.2. The molecule has 1 heterocycles. The molecule has 0 spiro atoms. The lowest BCUT2D eigenvalue weighted by molar-refractivity contribution is 0.102. The molecule has 0 aliphatic rings. The van der Waals surface area contributed by atoms with E-state index in [-0.39, 0.29) is 11.3 Å². The molecule has 2 N–H and O–H groups in total. The van der Waals surface area contributed by atoms with Crippen LogP contribution in [-0.4, -0.2) is 23.2 Å². The highest BCUT2D eigenvalue weighted by Crippen LogP contribution is 2.27. The summed E-state index contributed by atoms with van der Waals surface area (Å²) in [4.78, 5) is 22.8. The Balaban J connectivity index is 2.25. The van der Waals surface area contributed by atoms with E-state index in [0.717, 1.165) is 0 Å². The van der Waals surface area contributed by atoms with Crippen molar-refractivity contribution in [3.05, 3.63) is 51.4 Å². The van der Waals surface area contributed by atoms with E-state index in [0.29, 0.717) is 16.5 Å². The summed E-state index contributed by atoms with van der Waals surface area (Å²) < 4.78 is 5.10. The predicted octanol–water partition coefficient (Wildman–Crippen LogP) is 1.68. The molecular formula is C12H10ClN3O3. The quantitative estimate of drug-likeness (QED) is 0.895. The van der Waals surface area contributed by atoms with Crippen LogP contribution in [-0.2, 0) is 0 Å². The number of H-pyrrole nitrogens is 1. The fourth-order valence-electron chi connectivity index (χ4n) is 1.44. The van der Waals surface area contributed by atoms with Gasteiger partial charge in [0.15, 0.2) is 0 Å². The Bertz CT molecular complexity index is 649. The van der Waals surface area contributed by atoms with Crippen molar-refractivity contribution < 1.29 is 9.53 Å². The third kappa shape index (κ3) is 3.11. The van der Waals surface area contributed by atoms with E-state index in [1.165, 1.54) is 19.2 Å². The molecule has 0 unspecified atom stereocenters. The first-order valence-electron chi connectivity index (χ1n) is 5.31. The van der Waals surface area contributed by atoms with Gasteiger partial charge < -0.3 is 10.1 Å². The molecule has 0 saturated carbocycles. The highest BCUT2D eigenvalue weighted by atomic mass is 35.5. The predicted molar refractivity (Wildman–Crippen MR) is 70.8 cm³/mol. The summed E-state index contributed by atoms with van der Waals surface area (Å²) in [5.41, 5.74) is 0.131. The van der Waals surface area contributed by atoms with Crippen LogP contribution in [0.2, 0.25) is 5.02 Å². The van der Waals surface area contributed by atoms with Crippen molar-refractivity contribution in [2.24, 2.45) is 0 Å². The van der Waals surface area contributed by atoms with Gasteiger partial charge in [0.05, 0.1) is 12.8 Å². The average molecular weight is 280 g/mol. The number of nitrogens with zero attached hydrogens (tertiary/aromatic N) is 1. The lowest BCUT2D eigenvalue weighted by Crippen LogP contribution is -2.17. The van der Waals surface area contributed by atoms with Crippen LogP contribution in [0.15, 0.2) is 35.1 Å². The van der Waals surface area contributed by atoms with Gasteiger partial charge in [-0.1, -0.05) is 11.6 Å². The first-order chi connectivity index (χ1) is 9.10. The zero-order valence-electron chi connectivity index (χ0n) is 9.94. The zero-order chi connectivity index (χ0) is 13.8. The van der Waals surface area contributed by atoms with Gasteiger partial charge in [-0.05, 0) is 24.3 Å². The summed E-state index contributed by atoms with van der Waals surface area (Å²) in [6.45, 7) is 0. The van der Waals surface area contributed by atoms with Crippen LogP contribution >= 0.6 is 11.6 Å². The molecule has 7 heteroatoms. The Hall–Kier alpha value is -2.34. The first kappa shape index (κ1) is 13.1. The van der Waals surface area contributed by atoms with Gasteiger partial charge >= 0.3 is 0 Å². The minimum atomic E-state index is -0.475. The number of nitrogens with one attached hydrogen (secondary N) is 2. The lowest BCUT2D eigenvalue weighted by Gasteiger charge is -2.09. The SMILES string of the molecule is COc1ccc(Cl)cc1NC(=O)c1ccc(=O)[nH]n1. The summed E-state index contributed by atoms with van der Waals surface area (Å²) in [5, 5.41) is 8.88. The monoisotopic (exact) mass is 279 g/mol. The van der Waals surface area contributed by atoms with Gasteiger partial charge in [-0.3, -0.25) is 9.59 Å². The molecule has 0 aliphatic heterocycles. The number of halogens is 1. The van der Waals surface area contributed by atoms with Crippen LogP contribution in [0, 0.1) is 0 Å². The normalized spacial score (nSPS) is 10.0. The molecule has 0 radical (unpaired) electrons. The number of ether oxygens (including phenoxy) is 1. The smallest absolute Gasteiger partial charge is 0.276 e. The molecule has 6 nitrogen and oxygen atoms in total. The largest absolute Gasteiger partial charge is 0.495 e.